The van der Waals surface area contributed by atoms with Gasteiger partial charge in [-0.2, -0.15) is 17.0 Å². The summed E-state index contributed by atoms with van der Waals surface area (Å²) in [6.07, 6.45) is 3.86. The van der Waals surface area contributed by atoms with Crippen LogP contribution in [0.25, 0.3) is 0 Å². The second-order valence-corrected chi connectivity index (χ2v) is 6.53. The molecule has 2 aliphatic rings. The molecule has 0 bridgehead atoms. The van der Waals surface area contributed by atoms with Gasteiger partial charge in [-0.25, -0.2) is 0 Å². The van der Waals surface area contributed by atoms with Crippen molar-refractivity contribution in [2.75, 3.05) is 26.2 Å². The van der Waals surface area contributed by atoms with Crippen LogP contribution in [0.4, 0.5) is 0 Å². The van der Waals surface area contributed by atoms with Crippen LogP contribution in [0.2, 0.25) is 0 Å². The second-order valence-electron chi connectivity index (χ2n) is 4.60. The number of aliphatic hydroxyl groups is 1. The first-order valence-electron chi connectivity index (χ1n) is 6.04. The molecule has 0 radical (unpaired) electrons. The van der Waals surface area contributed by atoms with Crippen molar-refractivity contribution in [1.82, 2.24) is 8.61 Å². The smallest absolute Gasteiger partial charge is 0.281 e. The summed E-state index contributed by atoms with van der Waals surface area (Å²) in [4.78, 5) is 0. The molecule has 2 saturated heterocycles. The first kappa shape index (κ1) is 12.3. The molecular weight excluding hydrogens is 228 g/mol. The number of rotatable bonds is 2. The van der Waals surface area contributed by atoms with Gasteiger partial charge in [0.2, 0.25) is 0 Å². The zero-order valence-corrected chi connectivity index (χ0v) is 10.3. The van der Waals surface area contributed by atoms with Gasteiger partial charge in [-0.1, -0.05) is 6.42 Å². The van der Waals surface area contributed by atoms with Gasteiger partial charge < -0.3 is 5.11 Å². The van der Waals surface area contributed by atoms with E-state index in [1.165, 1.54) is 4.31 Å². The van der Waals surface area contributed by atoms with E-state index in [1.807, 2.05) is 0 Å². The highest BCUT2D eigenvalue weighted by Crippen LogP contribution is 2.20. The third-order valence-electron chi connectivity index (χ3n) is 3.39. The van der Waals surface area contributed by atoms with Crippen LogP contribution in [0.15, 0.2) is 0 Å². The van der Waals surface area contributed by atoms with E-state index in [1.54, 1.807) is 4.31 Å². The van der Waals surface area contributed by atoms with Crippen molar-refractivity contribution in [3.05, 3.63) is 0 Å². The summed E-state index contributed by atoms with van der Waals surface area (Å²) in [5.41, 5.74) is 0. The molecule has 1 N–H and O–H groups in total. The summed E-state index contributed by atoms with van der Waals surface area (Å²) in [7, 11) is -3.25. The molecule has 0 spiro atoms. The topological polar surface area (TPSA) is 60.9 Å². The molecular formula is C10H20N2O3S. The quantitative estimate of drug-likeness (QED) is 0.758. The van der Waals surface area contributed by atoms with Crippen LogP contribution in [0.5, 0.6) is 0 Å². The van der Waals surface area contributed by atoms with Crippen LogP contribution in [0.1, 0.15) is 32.1 Å². The standard InChI is InChI=1S/C10H20N2O3S/c13-10-4-8-12(9-5-10)16(14,15)11-6-2-1-3-7-11/h10,13H,1-9H2. The van der Waals surface area contributed by atoms with E-state index in [4.69, 9.17) is 0 Å². The number of piperidine rings is 2. The van der Waals surface area contributed by atoms with Crippen molar-refractivity contribution in [2.45, 2.75) is 38.2 Å². The van der Waals surface area contributed by atoms with Crippen LogP contribution >= 0.6 is 0 Å². The Morgan fingerprint density at radius 2 is 1.38 bits per heavy atom. The number of hydrogen-bond acceptors (Lipinski definition) is 3. The molecule has 2 rings (SSSR count). The molecule has 0 aliphatic carbocycles. The summed E-state index contributed by atoms with van der Waals surface area (Å²) in [6, 6.07) is 0. The third kappa shape index (κ3) is 2.56. The van der Waals surface area contributed by atoms with Crippen molar-refractivity contribution in [3.63, 3.8) is 0 Å². The molecule has 0 saturated carbocycles. The lowest BCUT2D eigenvalue weighted by molar-refractivity contribution is 0.110. The number of aliphatic hydroxyl groups excluding tert-OH is 1. The van der Waals surface area contributed by atoms with E-state index in [-0.39, 0.29) is 6.10 Å². The van der Waals surface area contributed by atoms with E-state index in [0.29, 0.717) is 39.0 Å². The summed E-state index contributed by atoms with van der Waals surface area (Å²) >= 11 is 0. The average molecular weight is 248 g/mol. The van der Waals surface area contributed by atoms with Crippen molar-refractivity contribution in [3.8, 4) is 0 Å². The van der Waals surface area contributed by atoms with Crippen LogP contribution in [-0.2, 0) is 10.2 Å². The van der Waals surface area contributed by atoms with Crippen LogP contribution in [-0.4, -0.2) is 54.4 Å². The normalized spacial score (nSPS) is 27.1. The molecule has 2 heterocycles. The zero-order valence-electron chi connectivity index (χ0n) is 9.51. The molecule has 0 aromatic carbocycles. The minimum atomic E-state index is -3.25. The lowest BCUT2D eigenvalue weighted by atomic mass is 10.1. The van der Waals surface area contributed by atoms with Crippen molar-refractivity contribution in [2.24, 2.45) is 0 Å². The molecule has 0 aromatic rings. The highest BCUT2D eigenvalue weighted by atomic mass is 32.2. The Morgan fingerprint density at radius 1 is 0.875 bits per heavy atom. The Bertz CT molecular complexity index is 317. The summed E-state index contributed by atoms with van der Waals surface area (Å²) in [5, 5.41) is 9.37. The largest absolute Gasteiger partial charge is 0.393 e. The monoisotopic (exact) mass is 248 g/mol. The molecule has 0 amide bonds. The average Bonchev–Trinajstić information content (AvgIpc) is 2.31. The van der Waals surface area contributed by atoms with Crippen LogP contribution < -0.4 is 0 Å². The molecule has 0 atom stereocenters. The van der Waals surface area contributed by atoms with Crippen molar-refractivity contribution >= 4 is 10.2 Å². The van der Waals surface area contributed by atoms with Gasteiger partial charge in [-0.15, -0.1) is 0 Å². The Balaban J connectivity index is 2.00. The predicted molar refractivity (Wildman–Crippen MR) is 61.2 cm³/mol. The summed E-state index contributed by atoms with van der Waals surface area (Å²) in [6.45, 7) is 2.22. The maximum Gasteiger partial charge on any atom is 0.281 e. The van der Waals surface area contributed by atoms with Gasteiger partial charge in [-0.05, 0) is 25.7 Å². The molecule has 2 fully saturated rings. The van der Waals surface area contributed by atoms with Gasteiger partial charge in [0.1, 0.15) is 0 Å². The minimum absolute atomic E-state index is 0.326. The van der Waals surface area contributed by atoms with Gasteiger partial charge >= 0.3 is 0 Å². The third-order valence-corrected chi connectivity index (χ3v) is 5.43. The molecule has 0 aromatic heterocycles. The number of nitrogens with zero attached hydrogens (tertiary/aromatic N) is 2. The van der Waals surface area contributed by atoms with Crippen molar-refractivity contribution < 1.29 is 13.5 Å². The first-order valence-corrected chi connectivity index (χ1v) is 7.44. The minimum Gasteiger partial charge on any atom is -0.393 e. The fourth-order valence-corrected chi connectivity index (χ4v) is 4.05. The summed E-state index contributed by atoms with van der Waals surface area (Å²) in [5.74, 6) is 0. The maximum absolute atomic E-state index is 12.2. The molecule has 94 valence electrons. The van der Waals surface area contributed by atoms with Gasteiger partial charge in [0.25, 0.3) is 10.2 Å². The van der Waals surface area contributed by atoms with Crippen LogP contribution in [0, 0.1) is 0 Å². The lowest BCUT2D eigenvalue weighted by Crippen LogP contribution is -2.49. The molecule has 2 aliphatic heterocycles. The highest BCUT2D eigenvalue weighted by molar-refractivity contribution is 7.86. The van der Waals surface area contributed by atoms with E-state index in [0.717, 1.165) is 19.3 Å². The molecule has 6 heteroatoms. The Labute approximate surface area is 97.2 Å². The summed E-state index contributed by atoms with van der Waals surface area (Å²) < 4.78 is 27.5. The Morgan fingerprint density at radius 3 is 1.94 bits per heavy atom. The van der Waals surface area contributed by atoms with Crippen molar-refractivity contribution in [1.29, 1.82) is 0 Å². The van der Waals surface area contributed by atoms with E-state index >= 15 is 0 Å². The van der Waals surface area contributed by atoms with Crippen LogP contribution in [0.3, 0.4) is 0 Å². The molecule has 16 heavy (non-hydrogen) atoms. The van der Waals surface area contributed by atoms with Gasteiger partial charge in [0.05, 0.1) is 6.10 Å². The van der Waals surface area contributed by atoms with Gasteiger partial charge in [-0.3, -0.25) is 0 Å². The molecule has 0 unspecified atom stereocenters. The first-order chi connectivity index (χ1) is 7.60. The van der Waals surface area contributed by atoms with Gasteiger partial charge in [0, 0.05) is 26.2 Å². The van der Waals surface area contributed by atoms with Gasteiger partial charge in [0.15, 0.2) is 0 Å². The van der Waals surface area contributed by atoms with E-state index in [9.17, 15) is 13.5 Å². The fourth-order valence-electron chi connectivity index (χ4n) is 2.33. The maximum atomic E-state index is 12.2. The highest BCUT2D eigenvalue weighted by Gasteiger charge is 2.32. The SMILES string of the molecule is O=S(=O)(N1CCCCC1)N1CCC(O)CC1. The predicted octanol–water partition coefficient (Wildman–Crippen LogP) is 0.174. The zero-order chi connectivity index (χ0) is 11.6. The second kappa shape index (κ2) is 5.00. The molecule has 5 nitrogen and oxygen atoms in total. The van der Waals surface area contributed by atoms with E-state index in [2.05, 4.69) is 0 Å². The Hall–Kier alpha value is -0.170. The Kier molecular flexibility index (Phi) is 3.84. The number of hydrogen-bond donors (Lipinski definition) is 1. The van der Waals surface area contributed by atoms with E-state index < -0.39 is 10.2 Å². The lowest BCUT2D eigenvalue weighted by Gasteiger charge is -2.35. The fraction of sp³-hybridized carbons (Fsp3) is 1.00.